The number of nitrogens with two attached hydrogens (primary N) is 1. The predicted molar refractivity (Wildman–Crippen MR) is 98.0 cm³/mol. The Bertz CT molecular complexity index is 1050. The molecule has 1 amide bonds. The van der Waals surface area contributed by atoms with E-state index in [4.69, 9.17) is 5.73 Å². The molecule has 0 saturated heterocycles. The summed E-state index contributed by atoms with van der Waals surface area (Å²) in [4.78, 5) is 24.5. The van der Waals surface area contributed by atoms with Crippen LogP contribution in [0.15, 0.2) is 47.6 Å². The molecule has 3 N–H and O–H groups in total. The fraction of sp³-hybridized carbons (Fsp3) is 0.125. The Labute approximate surface area is 154 Å². The summed E-state index contributed by atoms with van der Waals surface area (Å²) in [5, 5.41) is 0.571. The molecule has 0 unspecified atom stereocenters. The lowest BCUT2D eigenvalue weighted by Crippen LogP contribution is -2.14. The van der Waals surface area contributed by atoms with Crippen molar-refractivity contribution in [2.24, 2.45) is 5.73 Å². The van der Waals surface area contributed by atoms with Crippen LogP contribution in [0.25, 0.3) is 10.6 Å². The van der Waals surface area contributed by atoms with E-state index in [0.29, 0.717) is 21.3 Å². The first-order chi connectivity index (χ1) is 12.3. The third-order valence-corrected chi connectivity index (χ3v) is 5.88. The van der Waals surface area contributed by atoms with Gasteiger partial charge >= 0.3 is 0 Å². The molecule has 0 aliphatic carbocycles. The number of amides is 1. The van der Waals surface area contributed by atoms with Gasteiger partial charge in [0.25, 0.3) is 10.0 Å². The van der Waals surface area contributed by atoms with Crippen LogP contribution in [0.5, 0.6) is 0 Å². The minimum atomic E-state index is -3.76. The first-order valence-corrected chi connectivity index (χ1v) is 9.80. The topological polar surface area (TPSA) is 128 Å². The van der Waals surface area contributed by atoms with Gasteiger partial charge in [0.2, 0.25) is 5.91 Å². The molecular weight excluding hydrogens is 374 g/mol. The summed E-state index contributed by atoms with van der Waals surface area (Å²) < 4.78 is 27.2. The second-order valence-electron chi connectivity index (χ2n) is 5.37. The Morgan fingerprint density at radius 1 is 1.19 bits per heavy atom. The summed E-state index contributed by atoms with van der Waals surface area (Å²) >= 11 is 1.27. The van der Waals surface area contributed by atoms with Crippen LogP contribution in [0.4, 0.5) is 5.82 Å². The number of nitrogens with zero attached hydrogens (tertiary/aromatic N) is 3. The summed E-state index contributed by atoms with van der Waals surface area (Å²) in [7, 11) is -3.76. The van der Waals surface area contributed by atoms with Crippen molar-refractivity contribution in [1.82, 2.24) is 15.0 Å². The second-order valence-corrected chi connectivity index (χ2v) is 8.14. The van der Waals surface area contributed by atoms with Crippen molar-refractivity contribution in [3.63, 3.8) is 0 Å². The lowest BCUT2D eigenvalue weighted by Gasteiger charge is -2.07. The highest BCUT2D eigenvalue weighted by atomic mass is 32.2. The van der Waals surface area contributed by atoms with E-state index in [1.54, 1.807) is 25.1 Å². The smallest absolute Gasteiger partial charge is 0.263 e. The van der Waals surface area contributed by atoms with Crippen molar-refractivity contribution in [2.45, 2.75) is 18.2 Å². The maximum atomic E-state index is 12.4. The number of rotatable bonds is 6. The maximum absolute atomic E-state index is 12.4. The number of sulfonamides is 1. The molecule has 10 heteroatoms. The average molecular weight is 389 g/mol. The van der Waals surface area contributed by atoms with E-state index in [2.05, 4.69) is 19.7 Å². The molecule has 0 atom stereocenters. The zero-order valence-corrected chi connectivity index (χ0v) is 15.3. The van der Waals surface area contributed by atoms with E-state index in [1.807, 2.05) is 0 Å². The molecule has 26 heavy (non-hydrogen) atoms. The van der Waals surface area contributed by atoms with E-state index in [0.717, 1.165) is 0 Å². The Morgan fingerprint density at radius 3 is 2.62 bits per heavy atom. The molecule has 2 heterocycles. The number of aromatic nitrogens is 3. The largest absolute Gasteiger partial charge is 0.369 e. The normalized spacial score (nSPS) is 11.3. The van der Waals surface area contributed by atoms with E-state index in [9.17, 15) is 13.2 Å². The third kappa shape index (κ3) is 4.03. The summed E-state index contributed by atoms with van der Waals surface area (Å²) in [5.74, 6) is -0.378. The zero-order chi connectivity index (χ0) is 18.7. The number of primary amides is 1. The number of carbonyl (C=O) groups excluding carboxylic acids is 1. The lowest BCUT2D eigenvalue weighted by atomic mass is 10.3. The van der Waals surface area contributed by atoms with Gasteiger partial charge in [-0.1, -0.05) is 18.2 Å². The molecule has 0 aliphatic rings. The molecular formula is C16H15N5O3S2. The van der Waals surface area contributed by atoms with Gasteiger partial charge in [0.05, 0.1) is 34.3 Å². The van der Waals surface area contributed by atoms with Gasteiger partial charge in [-0.15, -0.1) is 11.3 Å². The number of nitrogens with one attached hydrogen (secondary N) is 1. The highest BCUT2D eigenvalue weighted by Gasteiger charge is 2.17. The number of hydrogen-bond acceptors (Lipinski definition) is 7. The Hall–Kier alpha value is -2.85. The second kappa shape index (κ2) is 7.18. The van der Waals surface area contributed by atoms with E-state index >= 15 is 0 Å². The van der Waals surface area contributed by atoms with Crippen molar-refractivity contribution >= 4 is 33.1 Å². The maximum Gasteiger partial charge on any atom is 0.263 e. The van der Waals surface area contributed by atoms with Gasteiger partial charge in [0, 0.05) is 0 Å². The van der Waals surface area contributed by atoms with Crippen molar-refractivity contribution in [3.05, 3.63) is 53.4 Å². The van der Waals surface area contributed by atoms with Crippen molar-refractivity contribution < 1.29 is 13.2 Å². The molecule has 0 saturated carbocycles. The molecule has 0 radical (unpaired) electrons. The molecule has 0 bridgehead atoms. The molecule has 2 aromatic heterocycles. The van der Waals surface area contributed by atoms with Crippen LogP contribution in [-0.2, 0) is 21.2 Å². The van der Waals surface area contributed by atoms with Gasteiger partial charge in [-0.2, -0.15) is 0 Å². The Morgan fingerprint density at radius 2 is 1.92 bits per heavy atom. The summed E-state index contributed by atoms with van der Waals surface area (Å²) in [6.45, 7) is 1.78. The van der Waals surface area contributed by atoms with Crippen LogP contribution in [0, 0.1) is 6.92 Å². The standard InChI is InChI=1S/C16H15N5O3S2/c1-10-16(25-15(19-10)7-13(17)22)12-8-18-9-14(20-12)21-26(23,24)11-5-3-2-4-6-11/h2-6,8-9H,7H2,1H3,(H2,17,22)(H,20,21). The van der Waals surface area contributed by atoms with Crippen molar-refractivity contribution in [2.75, 3.05) is 4.72 Å². The molecule has 8 nitrogen and oxygen atoms in total. The summed E-state index contributed by atoms with van der Waals surface area (Å²) in [6, 6.07) is 7.98. The van der Waals surface area contributed by atoms with Crippen LogP contribution >= 0.6 is 11.3 Å². The molecule has 0 aliphatic heterocycles. The number of anilines is 1. The SMILES string of the molecule is Cc1nc(CC(N)=O)sc1-c1cncc(NS(=O)(=O)c2ccccc2)n1. The van der Waals surface area contributed by atoms with Gasteiger partial charge < -0.3 is 5.73 Å². The van der Waals surface area contributed by atoms with Gasteiger partial charge in [0.15, 0.2) is 5.82 Å². The van der Waals surface area contributed by atoms with Crippen LogP contribution in [0.3, 0.4) is 0 Å². The first-order valence-electron chi connectivity index (χ1n) is 7.50. The van der Waals surface area contributed by atoms with Crippen LogP contribution in [0.1, 0.15) is 10.7 Å². The fourth-order valence-corrected chi connectivity index (χ4v) is 4.27. The van der Waals surface area contributed by atoms with Gasteiger partial charge in [0.1, 0.15) is 10.7 Å². The van der Waals surface area contributed by atoms with Crippen LogP contribution < -0.4 is 10.5 Å². The molecule has 0 spiro atoms. The molecule has 1 aromatic carbocycles. The van der Waals surface area contributed by atoms with E-state index in [-0.39, 0.29) is 17.1 Å². The van der Waals surface area contributed by atoms with Crippen molar-refractivity contribution in [1.29, 1.82) is 0 Å². The van der Waals surface area contributed by atoms with Crippen molar-refractivity contribution in [3.8, 4) is 10.6 Å². The lowest BCUT2D eigenvalue weighted by molar-refractivity contribution is -0.117. The fourth-order valence-electron chi connectivity index (χ4n) is 2.24. The zero-order valence-electron chi connectivity index (χ0n) is 13.7. The molecule has 3 rings (SSSR count). The average Bonchev–Trinajstić information content (AvgIpc) is 2.95. The summed E-state index contributed by atoms with van der Waals surface area (Å²) in [5.41, 5.74) is 6.33. The summed E-state index contributed by atoms with van der Waals surface area (Å²) in [6.07, 6.45) is 2.87. The highest BCUT2D eigenvalue weighted by Crippen LogP contribution is 2.29. The third-order valence-electron chi connectivity index (χ3n) is 3.33. The number of hydrogen-bond donors (Lipinski definition) is 2. The van der Waals surface area contributed by atoms with Crippen LogP contribution in [-0.4, -0.2) is 29.3 Å². The van der Waals surface area contributed by atoms with Gasteiger partial charge in [-0.3, -0.25) is 14.5 Å². The number of thiazole rings is 1. The number of carbonyl (C=O) groups is 1. The molecule has 0 fully saturated rings. The Kier molecular flexibility index (Phi) is 4.96. The predicted octanol–water partition coefficient (Wildman–Crippen LogP) is 1.74. The van der Waals surface area contributed by atoms with E-state index < -0.39 is 15.9 Å². The van der Waals surface area contributed by atoms with Gasteiger partial charge in [-0.05, 0) is 19.1 Å². The monoisotopic (exact) mass is 389 g/mol. The highest BCUT2D eigenvalue weighted by molar-refractivity contribution is 7.92. The number of benzene rings is 1. The van der Waals surface area contributed by atoms with Gasteiger partial charge in [-0.25, -0.2) is 18.4 Å². The molecule has 134 valence electrons. The number of aryl methyl sites for hydroxylation is 1. The Balaban J connectivity index is 1.90. The first kappa shape index (κ1) is 18.0. The minimum absolute atomic E-state index is 0.0409. The minimum Gasteiger partial charge on any atom is -0.369 e. The quantitative estimate of drug-likeness (QED) is 0.661. The van der Waals surface area contributed by atoms with E-state index in [1.165, 1.54) is 35.9 Å². The molecule has 3 aromatic rings. The van der Waals surface area contributed by atoms with Crippen LogP contribution in [0.2, 0.25) is 0 Å².